The maximum Gasteiger partial charge on any atom is 0.322 e. The molecule has 1 amide bonds. The minimum Gasteiger partial charge on any atom is -0.480 e. The van der Waals surface area contributed by atoms with E-state index in [0.29, 0.717) is 5.56 Å². The molecule has 21 heavy (non-hydrogen) atoms. The predicted octanol–water partition coefficient (Wildman–Crippen LogP) is 3.40. The lowest BCUT2D eigenvalue weighted by molar-refractivity contribution is -0.135. The summed E-state index contributed by atoms with van der Waals surface area (Å²) in [5.41, 5.74) is 1.66. The molecule has 0 aliphatic rings. The second-order valence-electron chi connectivity index (χ2n) is 5.29. The first-order valence-electron chi connectivity index (χ1n) is 7.72. The lowest BCUT2D eigenvalue weighted by atomic mass is 10.0. The van der Waals surface area contributed by atoms with Crippen molar-refractivity contribution in [2.24, 2.45) is 0 Å². The van der Waals surface area contributed by atoms with Crippen molar-refractivity contribution in [3.8, 4) is 0 Å². The van der Waals surface area contributed by atoms with E-state index in [2.05, 4.69) is 12.2 Å². The van der Waals surface area contributed by atoms with Gasteiger partial charge < -0.3 is 10.4 Å². The molecule has 0 saturated heterocycles. The van der Waals surface area contributed by atoms with E-state index in [9.17, 15) is 9.59 Å². The number of hydrogen-bond donors (Lipinski definition) is 2. The van der Waals surface area contributed by atoms with Crippen LogP contribution in [0.4, 0.5) is 0 Å². The summed E-state index contributed by atoms with van der Waals surface area (Å²) in [4.78, 5) is 22.2. The van der Waals surface area contributed by atoms with E-state index in [4.69, 9.17) is 5.11 Å². The zero-order valence-corrected chi connectivity index (χ0v) is 12.7. The molecule has 1 aromatic carbocycles. The van der Waals surface area contributed by atoms with Crippen LogP contribution in [0.25, 0.3) is 0 Å². The lowest BCUT2D eigenvalue weighted by Crippen LogP contribution is -2.29. The molecule has 0 spiro atoms. The molecule has 2 N–H and O–H groups in total. The Kier molecular flexibility index (Phi) is 8.17. The standard InChI is InChI=1S/C17H25NO3/c1-2-3-4-5-6-7-9-14-10-8-11-15(12-14)17(21)18-13-16(19)20/h8,10-12H,2-7,9,13H2,1H3,(H,18,21)(H,19,20). The molecule has 4 nitrogen and oxygen atoms in total. The van der Waals surface area contributed by atoms with Crippen molar-refractivity contribution in [3.63, 3.8) is 0 Å². The summed E-state index contributed by atoms with van der Waals surface area (Å²) in [6.07, 6.45) is 8.44. The summed E-state index contributed by atoms with van der Waals surface area (Å²) in [6.45, 7) is 1.86. The van der Waals surface area contributed by atoms with Crippen LogP contribution in [-0.2, 0) is 11.2 Å². The molecule has 0 saturated carbocycles. The molecule has 0 radical (unpaired) electrons. The normalized spacial score (nSPS) is 10.3. The van der Waals surface area contributed by atoms with Gasteiger partial charge in [-0.15, -0.1) is 0 Å². The van der Waals surface area contributed by atoms with Gasteiger partial charge in [0, 0.05) is 5.56 Å². The third-order valence-corrected chi connectivity index (χ3v) is 3.41. The minimum atomic E-state index is -1.04. The zero-order chi connectivity index (χ0) is 15.5. The molecule has 0 fully saturated rings. The summed E-state index contributed by atoms with van der Waals surface area (Å²) < 4.78 is 0. The van der Waals surface area contributed by atoms with Gasteiger partial charge in [-0.3, -0.25) is 9.59 Å². The van der Waals surface area contributed by atoms with Crippen LogP contribution in [0.5, 0.6) is 0 Å². The van der Waals surface area contributed by atoms with E-state index in [1.165, 1.54) is 32.1 Å². The van der Waals surface area contributed by atoms with Gasteiger partial charge in [0.2, 0.25) is 0 Å². The average Bonchev–Trinajstić information content (AvgIpc) is 2.48. The number of amides is 1. The third kappa shape index (κ3) is 7.49. The van der Waals surface area contributed by atoms with Gasteiger partial charge in [0.1, 0.15) is 6.54 Å². The number of carboxylic acids is 1. The molecule has 0 aliphatic carbocycles. The topological polar surface area (TPSA) is 66.4 Å². The highest BCUT2D eigenvalue weighted by molar-refractivity contribution is 5.95. The molecule has 0 unspecified atom stereocenters. The van der Waals surface area contributed by atoms with Crippen LogP contribution in [0, 0.1) is 0 Å². The molecule has 0 bridgehead atoms. The van der Waals surface area contributed by atoms with Gasteiger partial charge in [0.25, 0.3) is 5.91 Å². The number of rotatable bonds is 10. The number of benzene rings is 1. The van der Waals surface area contributed by atoms with Crippen LogP contribution in [0.2, 0.25) is 0 Å². The molecule has 0 heterocycles. The van der Waals surface area contributed by atoms with Gasteiger partial charge in [-0.25, -0.2) is 0 Å². The Balaban J connectivity index is 2.37. The Morgan fingerprint density at radius 2 is 1.81 bits per heavy atom. The first-order chi connectivity index (χ1) is 10.1. The number of unbranched alkanes of at least 4 members (excludes halogenated alkanes) is 5. The van der Waals surface area contributed by atoms with Crippen molar-refractivity contribution in [2.75, 3.05) is 6.54 Å². The SMILES string of the molecule is CCCCCCCCc1cccc(C(=O)NCC(=O)O)c1. The molecule has 0 atom stereocenters. The first kappa shape index (κ1) is 17.2. The lowest BCUT2D eigenvalue weighted by Gasteiger charge is -2.06. The van der Waals surface area contributed by atoms with Gasteiger partial charge in [-0.1, -0.05) is 51.2 Å². The monoisotopic (exact) mass is 291 g/mol. The molecule has 1 rings (SSSR count). The molecule has 1 aromatic rings. The van der Waals surface area contributed by atoms with E-state index in [1.54, 1.807) is 6.07 Å². The number of carbonyl (C=O) groups excluding carboxylic acids is 1. The van der Waals surface area contributed by atoms with E-state index in [-0.39, 0.29) is 12.5 Å². The maximum atomic E-state index is 11.8. The van der Waals surface area contributed by atoms with E-state index in [0.717, 1.165) is 18.4 Å². The van der Waals surface area contributed by atoms with Gasteiger partial charge in [-0.05, 0) is 30.5 Å². The van der Waals surface area contributed by atoms with Crippen LogP contribution in [0.3, 0.4) is 0 Å². The van der Waals surface area contributed by atoms with Gasteiger partial charge in [-0.2, -0.15) is 0 Å². The fourth-order valence-electron chi connectivity index (χ4n) is 2.24. The summed E-state index contributed by atoms with van der Waals surface area (Å²) in [7, 11) is 0. The highest BCUT2D eigenvalue weighted by atomic mass is 16.4. The van der Waals surface area contributed by atoms with Crippen molar-refractivity contribution in [1.82, 2.24) is 5.32 Å². The Labute approximate surface area is 126 Å². The number of carbonyl (C=O) groups is 2. The fourth-order valence-corrected chi connectivity index (χ4v) is 2.24. The van der Waals surface area contributed by atoms with Crippen molar-refractivity contribution in [1.29, 1.82) is 0 Å². The highest BCUT2D eigenvalue weighted by Gasteiger charge is 2.07. The summed E-state index contributed by atoms with van der Waals surface area (Å²) in [6, 6.07) is 7.42. The van der Waals surface area contributed by atoms with Gasteiger partial charge in [0.05, 0.1) is 0 Å². The molecular weight excluding hydrogens is 266 g/mol. The third-order valence-electron chi connectivity index (χ3n) is 3.41. The quantitative estimate of drug-likeness (QED) is 0.649. The van der Waals surface area contributed by atoms with Gasteiger partial charge >= 0.3 is 5.97 Å². The van der Waals surface area contributed by atoms with Gasteiger partial charge in [0.15, 0.2) is 0 Å². The number of carboxylic acid groups (broad SMARTS) is 1. The van der Waals surface area contributed by atoms with Crippen molar-refractivity contribution in [3.05, 3.63) is 35.4 Å². The summed E-state index contributed by atoms with van der Waals surface area (Å²) in [5.74, 6) is -1.37. The second kappa shape index (κ2) is 9.97. The fraction of sp³-hybridized carbons (Fsp3) is 0.529. The van der Waals surface area contributed by atoms with Crippen LogP contribution in [-0.4, -0.2) is 23.5 Å². The Bertz CT molecular complexity index is 457. The van der Waals surface area contributed by atoms with Crippen LogP contribution < -0.4 is 5.32 Å². The van der Waals surface area contributed by atoms with E-state index < -0.39 is 5.97 Å². The molecule has 4 heteroatoms. The Morgan fingerprint density at radius 3 is 2.52 bits per heavy atom. The van der Waals surface area contributed by atoms with E-state index in [1.807, 2.05) is 18.2 Å². The average molecular weight is 291 g/mol. The predicted molar refractivity (Wildman–Crippen MR) is 83.5 cm³/mol. The Hall–Kier alpha value is -1.84. The number of aryl methyl sites for hydroxylation is 1. The summed E-state index contributed by atoms with van der Waals surface area (Å²) in [5, 5.41) is 10.9. The van der Waals surface area contributed by atoms with Crippen molar-refractivity contribution >= 4 is 11.9 Å². The van der Waals surface area contributed by atoms with Crippen molar-refractivity contribution < 1.29 is 14.7 Å². The van der Waals surface area contributed by atoms with Crippen LogP contribution in [0.1, 0.15) is 61.4 Å². The maximum absolute atomic E-state index is 11.8. The molecule has 0 aromatic heterocycles. The highest BCUT2D eigenvalue weighted by Crippen LogP contribution is 2.11. The largest absolute Gasteiger partial charge is 0.480 e. The van der Waals surface area contributed by atoms with Crippen molar-refractivity contribution in [2.45, 2.75) is 51.9 Å². The van der Waals surface area contributed by atoms with E-state index >= 15 is 0 Å². The second-order valence-corrected chi connectivity index (χ2v) is 5.29. The number of nitrogens with one attached hydrogen (secondary N) is 1. The zero-order valence-electron chi connectivity index (χ0n) is 12.7. The number of aliphatic carboxylic acids is 1. The first-order valence-corrected chi connectivity index (χ1v) is 7.72. The Morgan fingerprint density at radius 1 is 1.10 bits per heavy atom. The molecule has 116 valence electrons. The van der Waals surface area contributed by atoms with Crippen LogP contribution in [0.15, 0.2) is 24.3 Å². The number of hydrogen-bond acceptors (Lipinski definition) is 2. The minimum absolute atomic E-state index is 0.331. The smallest absolute Gasteiger partial charge is 0.322 e. The molecular formula is C17H25NO3. The van der Waals surface area contributed by atoms with Crippen LogP contribution >= 0.6 is 0 Å². The summed E-state index contributed by atoms with van der Waals surface area (Å²) >= 11 is 0. The molecule has 0 aliphatic heterocycles.